The third-order valence-corrected chi connectivity index (χ3v) is 7.70. The fraction of sp³-hybridized carbons (Fsp3) is 0.409. The van der Waals surface area contributed by atoms with E-state index in [1.54, 1.807) is 0 Å². The second kappa shape index (κ2) is 8.42. The first-order chi connectivity index (χ1) is 13.6. The molecule has 0 spiro atoms. The molecule has 3 aromatic rings. The van der Waals surface area contributed by atoms with Gasteiger partial charge in [-0.05, 0) is 36.0 Å². The molecule has 0 aliphatic carbocycles. The van der Waals surface area contributed by atoms with Crippen LogP contribution in [0, 0.1) is 12.8 Å². The quantitative estimate of drug-likeness (QED) is 0.576. The van der Waals surface area contributed by atoms with Gasteiger partial charge >= 0.3 is 0 Å². The third-order valence-electron chi connectivity index (χ3n) is 4.92. The number of hydrogen-bond donors (Lipinski definition) is 1. The van der Waals surface area contributed by atoms with Crippen molar-refractivity contribution in [3.8, 4) is 11.1 Å². The summed E-state index contributed by atoms with van der Waals surface area (Å²) in [7, 11) is -3.78. The first-order valence-electron chi connectivity index (χ1n) is 9.83. The molecule has 0 radical (unpaired) electrons. The second-order valence-corrected chi connectivity index (χ2v) is 11.1. The van der Waals surface area contributed by atoms with Crippen LogP contribution in [0.4, 0.5) is 0 Å². The maximum Gasteiger partial charge on any atom is 0.248 e. The number of nitrogens with two attached hydrogens (primary N) is 1. The lowest BCUT2D eigenvalue weighted by Crippen LogP contribution is -2.11. The number of thiophene rings is 1. The van der Waals surface area contributed by atoms with Crippen LogP contribution in [0.3, 0.4) is 0 Å². The molecule has 0 amide bonds. The monoisotopic (exact) mass is 431 g/mol. The van der Waals surface area contributed by atoms with Crippen LogP contribution in [-0.2, 0) is 23.0 Å². The summed E-state index contributed by atoms with van der Waals surface area (Å²) in [5, 5.41) is 5.55. The van der Waals surface area contributed by atoms with E-state index in [2.05, 4.69) is 37.2 Å². The normalized spacial score (nSPS) is 12.3. The van der Waals surface area contributed by atoms with Crippen LogP contribution in [0.2, 0.25) is 0 Å². The highest BCUT2D eigenvalue weighted by Crippen LogP contribution is 2.40. The molecule has 0 aliphatic rings. The molecule has 0 saturated carbocycles. The van der Waals surface area contributed by atoms with Crippen LogP contribution in [0.1, 0.15) is 55.4 Å². The van der Waals surface area contributed by atoms with Crippen LogP contribution in [0.15, 0.2) is 40.9 Å². The summed E-state index contributed by atoms with van der Waals surface area (Å²) >= 11 is 1.30. The Labute approximate surface area is 177 Å². The molecule has 0 atom stereocenters. The summed E-state index contributed by atoms with van der Waals surface area (Å²) in [6.07, 6.45) is 4.66. The van der Waals surface area contributed by atoms with Crippen LogP contribution in [0.5, 0.6) is 0 Å². The molecule has 2 N–H and O–H groups in total. The van der Waals surface area contributed by atoms with Crippen molar-refractivity contribution in [2.45, 2.75) is 57.7 Å². The Morgan fingerprint density at radius 3 is 2.34 bits per heavy atom. The second-order valence-electron chi connectivity index (χ2n) is 8.22. The third kappa shape index (κ3) is 4.79. The fourth-order valence-corrected chi connectivity index (χ4v) is 6.15. The highest BCUT2D eigenvalue weighted by molar-refractivity contribution is 7.91. The Morgan fingerprint density at radius 1 is 1.14 bits per heavy atom. The van der Waals surface area contributed by atoms with Crippen molar-refractivity contribution in [3.63, 3.8) is 0 Å². The SMILES string of the molecule is Cc1c(CC(C)C)sc(S(N)(=O)=O)c1-c1ccc(Cn2ccnc2C(C)C)cc1. The number of nitrogens with zero attached hydrogens (tertiary/aromatic N) is 2. The molecule has 29 heavy (non-hydrogen) atoms. The minimum absolute atomic E-state index is 0.259. The smallest absolute Gasteiger partial charge is 0.248 e. The van der Waals surface area contributed by atoms with E-state index >= 15 is 0 Å². The largest absolute Gasteiger partial charge is 0.330 e. The summed E-state index contributed by atoms with van der Waals surface area (Å²) < 4.78 is 26.9. The number of hydrogen-bond acceptors (Lipinski definition) is 4. The van der Waals surface area contributed by atoms with Crippen molar-refractivity contribution in [2.24, 2.45) is 11.1 Å². The van der Waals surface area contributed by atoms with E-state index in [1.165, 1.54) is 11.3 Å². The highest BCUT2D eigenvalue weighted by Gasteiger charge is 2.24. The van der Waals surface area contributed by atoms with Gasteiger partial charge in [0.2, 0.25) is 10.0 Å². The van der Waals surface area contributed by atoms with E-state index in [1.807, 2.05) is 43.6 Å². The molecule has 0 saturated heterocycles. The Kier molecular flexibility index (Phi) is 6.31. The predicted octanol–water partition coefficient (Wildman–Crippen LogP) is 4.94. The Balaban J connectivity index is 1.97. The summed E-state index contributed by atoms with van der Waals surface area (Å²) in [6.45, 7) is 11.2. The lowest BCUT2D eigenvalue weighted by Gasteiger charge is -2.11. The molecule has 3 rings (SSSR count). The van der Waals surface area contributed by atoms with Gasteiger partial charge in [-0.25, -0.2) is 18.5 Å². The van der Waals surface area contributed by atoms with Gasteiger partial charge in [-0.1, -0.05) is 52.0 Å². The predicted molar refractivity (Wildman–Crippen MR) is 120 cm³/mol. The van der Waals surface area contributed by atoms with Gasteiger partial charge in [0.1, 0.15) is 10.0 Å². The van der Waals surface area contributed by atoms with Gasteiger partial charge in [0.05, 0.1) is 0 Å². The highest BCUT2D eigenvalue weighted by atomic mass is 32.2. The van der Waals surface area contributed by atoms with Crippen molar-refractivity contribution < 1.29 is 8.42 Å². The first-order valence-corrected chi connectivity index (χ1v) is 12.2. The van der Waals surface area contributed by atoms with Crippen LogP contribution < -0.4 is 5.14 Å². The van der Waals surface area contributed by atoms with Crippen molar-refractivity contribution in [2.75, 3.05) is 0 Å². The molecule has 1 aromatic carbocycles. The molecule has 7 heteroatoms. The zero-order valence-electron chi connectivity index (χ0n) is 17.6. The number of imidazole rings is 1. The van der Waals surface area contributed by atoms with E-state index < -0.39 is 10.0 Å². The standard InChI is InChI=1S/C22H29N3O2S2/c1-14(2)12-19-16(5)20(22(28-19)29(23,26)27)18-8-6-17(7-9-18)13-25-11-10-24-21(25)15(3)4/h6-11,14-15H,12-13H2,1-5H3,(H2,23,26,27). The van der Waals surface area contributed by atoms with E-state index in [4.69, 9.17) is 5.14 Å². The lowest BCUT2D eigenvalue weighted by atomic mass is 9.99. The molecular weight excluding hydrogens is 402 g/mol. The summed E-state index contributed by atoms with van der Waals surface area (Å²) in [4.78, 5) is 5.52. The number of primary sulfonamides is 1. The lowest BCUT2D eigenvalue weighted by molar-refractivity contribution is 0.600. The number of sulfonamides is 1. The number of rotatable bonds is 7. The minimum atomic E-state index is -3.78. The maximum absolute atomic E-state index is 12.2. The Bertz CT molecular complexity index is 1090. The average molecular weight is 432 g/mol. The molecular formula is C22H29N3O2S2. The topological polar surface area (TPSA) is 78.0 Å². The van der Waals surface area contributed by atoms with Gasteiger partial charge in [0.25, 0.3) is 0 Å². The van der Waals surface area contributed by atoms with E-state index in [9.17, 15) is 8.42 Å². The zero-order valence-corrected chi connectivity index (χ0v) is 19.3. The first kappa shape index (κ1) is 21.7. The molecule has 156 valence electrons. The number of benzene rings is 1. The van der Waals surface area contributed by atoms with E-state index in [-0.39, 0.29) is 4.21 Å². The molecule has 0 fully saturated rings. The van der Waals surface area contributed by atoms with Gasteiger partial charge < -0.3 is 4.57 Å². The minimum Gasteiger partial charge on any atom is -0.330 e. The zero-order chi connectivity index (χ0) is 21.3. The van der Waals surface area contributed by atoms with Crippen LogP contribution in [-0.4, -0.2) is 18.0 Å². The Morgan fingerprint density at radius 2 is 1.79 bits per heavy atom. The van der Waals surface area contributed by atoms with Gasteiger partial charge in [0, 0.05) is 35.3 Å². The Hall–Kier alpha value is -1.96. The van der Waals surface area contributed by atoms with Crippen molar-refractivity contribution in [1.29, 1.82) is 0 Å². The van der Waals surface area contributed by atoms with E-state index in [0.29, 0.717) is 11.8 Å². The van der Waals surface area contributed by atoms with Crippen LogP contribution in [0.25, 0.3) is 11.1 Å². The van der Waals surface area contributed by atoms with Gasteiger partial charge in [-0.2, -0.15) is 0 Å². The van der Waals surface area contributed by atoms with Crippen molar-refractivity contribution in [3.05, 3.63) is 58.5 Å². The molecule has 2 aromatic heterocycles. The number of aromatic nitrogens is 2. The molecule has 0 bridgehead atoms. The maximum atomic E-state index is 12.2. The summed E-state index contributed by atoms with van der Waals surface area (Å²) in [5.41, 5.74) is 3.78. The van der Waals surface area contributed by atoms with Crippen molar-refractivity contribution >= 4 is 21.4 Å². The molecule has 0 unspecified atom stereocenters. The molecule has 0 aliphatic heterocycles. The molecule has 2 heterocycles. The van der Waals surface area contributed by atoms with Gasteiger partial charge in [-0.15, -0.1) is 11.3 Å². The van der Waals surface area contributed by atoms with Gasteiger partial charge in [-0.3, -0.25) is 0 Å². The van der Waals surface area contributed by atoms with Crippen LogP contribution >= 0.6 is 11.3 Å². The van der Waals surface area contributed by atoms with Gasteiger partial charge in [0.15, 0.2) is 0 Å². The van der Waals surface area contributed by atoms with Crippen molar-refractivity contribution in [1.82, 2.24) is 9.55 Å². The van der Waals surface area contributed by atoms with E-state index in [0.717, 1.165) is 45.9 Å². The molecule has 5 nitrogen and oxygen atoms in total. The fourth-order valence-electron chi connectivity index (χ4n) is 3.56. The average Bonchev–Trinajstić information content (AvgIpc) is 3.20. The summed E-state index contributed by atoms with van der Waals surface area (Å²) in [5.74, 6) is 1.85. The summed E-state index contributed by atoms with van der Waals surface area (Å²) in [6, 6.07) is 8.07.